The molecular formula is C19H34N6O. The first kappa shape index (κ1) is 19.7. The summed E-state index contributed by atoms with van der Waals surface area (Å²) >= 11 is 0. The van der Waals surface area contributed by atoms with E-state index < -0.39 is 0 Å². The number of fused-ring (bicyclic) bond motifs is 1. The fourth-order valence-corrected chi connectivity index (χ4v) is 4.96. The summed E-state index contributed by atoms with van der Waals surface area (Å²) in [6.07, 6.45) is 11.3. The first-order chi connectivity index (χ1) is 12.5. The van der Waals surface area contributed by atoms with E-state index in [4.69, 9.17) is 17.9 Å². The molecule has 7 heteroatoms. The average molecular weight is 363 g/mol. The van der Waals surface area contributed by atoms with Crippen LogP contribution < -0.4 is 32.7 Å². The van der Waals surface area contributed by atoms with Crippen molar-refractivity contribution in [3.63, 3.8) is 0 Å². The van der Waals surface area contributed by atoms with Crippen molar-refractivity contribution in [2.75, 3.05) is 6.54 Å². The number of Topliss-reactive ketones (excluding diaryl/α,β-unsaturated/α-hetero) is 1. The van der Waals surface area contributed by atoms with Crippen LogP contribution >= 0.6 is 0 Å². The normalized spacial score (nSPS) is 41.7. The number of hydrogen-bond donors (Lipinski definition) is 6. The van der Waals surface area contributed by atoms with Crippen LogP contribution in [0.3, 0.4) is 0 Å². The van der Waals surface area contributed by atoms with Crippen molar-refractivity contribution in [1.82, 2.24) is 21.3 Å². The minimum Gasteiger partial charge on any atom is -0.314 e. The van der Waals surface area contributed by atoms with Gasteiger partial charge in [-0.15, -0.1) is 12.3 Å². The smallest absolute Gasteiger partial charge is 0.132 e. The minimum atomic E-state index is -0.289. The second-order valence-corrected chi connectivity index (χ2v) is 8.24. The Labute approximate surface area is 156 Å². The second kappa shape index (κ2) is 8.79. The fourth-order valence-electron chi connectivity index (χ4n) is 4.96. The van der Waals surface area contributed by atoms with E-state index in [2.05, 4.69) is 27.2 Å². The topological polar surface area (TPSA) is 117 Å². The van der Waals surface area contributed by atoms with Crippen molar-refractivity contribution >= 4 is 5.78 Å². The highest BCUT2D eigenvalue weighted by Gasteiger charge is 2.39. The number of terminal acetylenes is 1. The number of nitrogens with two attached hydrogens (primary N) is 2. The summed E-state index contributed by atoms with van der Waals surface area (Å²) in [7, 11) is 0. The van der Waals surface area contributed by atoms with Gasteiger partial charge in [0.25, 0.3) is 0 Å². The Kier molecular flexibility index (Phi) is 6.67. The van der Waals surface area contributed by atoms with Gasteiger partial charge in [0.1, 0.15) is 12.1 Å². The van der Waals surface area contributed by atoms with Crippen LogP contribution in [0.4, 0.5) is 0 Å². The number of carbonyl (C=O) groups is 1. The maximum Gasteiger partial charge on any atom is 0.132 e. The molecule has 146 valence electrons. The summed E-state index contributed by atoms with van der Waals surface area (Å²) in [5.74, 6) is 4.58. The average Bonchev–Trinajstić information content (AvgIpc) is 2.62. The highest BCUT2D eigenvalue weighted by molar-refractivity contribution is 5.78. The fraction of sp³-hybridized carbons (Fsp3) is 0.842. The molecule has 26 heavy (non-hydrogen) atoms. The highest BCUT2D eigenvalue weighted by Crippen LogP contribution is 2.37. The van der Waals surface area contributed by atoms with E-state index >= 15 is 0 Å². The molecule has 0 bridgehead atoms. The Bertz CT molecular complexity index is 527. The molecule has 1 aliphatic carbocycles. The third kappa shape index (κ3) is 4.63. The molecule has 2 aliphatic heterocycles. The predicted octanol–water partition coefficient (Wildman–Crippen LogP) is -0.613. The van der Waals surface area contributed by atoms with E-state index in [1.54, 1.807) is 6.92 Å². The Morgan fingerprint density at radius 1 is 1.19 bits per heavy atom. The third-order valence-electron chi connectivity index (χ3n) is 6.47. The summed E-state index contributed by atoms with van der Waals surface area (Å²) in [6, 6.07) is 0.428. The second-order valence-electron chi connectivity index (χ2n) is 8.24. The molecule has 0 aromatic carbocycles. The first-order valence-electron chi connectivity index (χ1n) is 9.94. The number of rotatable bonds is 5. The SMILES string of the molecule is C#CCC(CC1CNC2NC(N)NC(N)C2N1)C1CCC(C(C)=O)CC1. The van der Waals surface area contributed by atoms with Crippen molar-refractivity contribution in [2.24, 2.45) is 29.2 Å². The zero-order valence-corrected chi connectivity index (χ0v) is 15.7. The molecule has 0 amide bonds. The molecule has 1 saturated carbocycles. The molecule has 3 fully saturated rings. The lowest BCUT2D eigenvalue weighted by Crippen LogP contribution is -2.81. The summed E-state index contributed by atoms with van der Waals surface area (Å²) in [4.78, 5) is 11.6. The molecule has 2 heterocycles. The van der Waals surface area contributed by atoms with Crippen LogP contribution in [-0.4, -0.2) is 43.0 Å². The molecule has 0 radical (unpaired) electrons. The van der Waals surface area contributed by atoms with Crippen molar-refractivity contribution in [3.05, 3.63) is 0 Å². The highest BCUT2D eigenvalue weighted by atomic mass is 16.1. The minimum absolute atomic E-state index is 0.0783. The number of piperazine rings is 1. The van der Waals surface area contributed by atoms with Gasteiger partial charge in [-0.2, -0.15) is 0 Å². The van der Waals surface area contributed by atoms with Gasteiger partial charge in [-0.05, 0) is 50.9 Å². The van der Waals surface area contributed by atoms with E-state index in [0.29, 0.717) is 23.7 Å². The summed E-state index contributed by atoms with van der Waals surface area (Å²) in [6.45, 7) is 2.59. The third-order valence-corrected chi connectivity index (χ3v) is 6.47. The Morgan fingerprint density at radius 2 is 1.92 bits per heavy atom. The van der Waals surface area contributed by atoms with E-state index in [-0.39, 0.29) is 30.6 Å². The molecule has 2 saturated heterocycles. The van der Waals surface area contributed by atoms with Crippen molar-refractivity contribution in [3.8, 4) is 12.3 Å². The van der Waals surface area contributed by atoms with Crippen LogP contribution in [0, 0.1) is 30.1 Å². The van der Waals surface area contributed by atoms with Crippen molar-refractivity contribution < 1.29 is 4.79 Å². The van der Waals surface area contributed by atoms with Crippen LogP contribution in [0.25, 0.3) is 0 Å². The maximum absolute atomic E-state index is 11.6. The number of ketones is 1. The van der Waals surface area contributed by atoms with Crippen LogP contribution in [0.2, 0.25) is 0 Å². The molecule has 6 atom stereocenters. The van der Waals surface area contributed by atoms with E-state index in [0.717, 1.165) is 45.1 Å². The zero-order chi connectivity index (χ0) is 18.7. The van der Waals surface area contributed by atoms with Crippen LogP contribution in [-0.2, 0) is 4.79 Å². The first-order valence-corrected chi connectivity index (χ1v) is 9.94. The van der Waals surface area contributed by atoms with Crippen molar-refractivity contribution in [1.29, 1.82) is 0 Å². The zero-order valence-electron chi connectivity index (χ0n) is 15.7. The number of hydrogen-bond acceptors (Lipinski definition) is 7. The van der Waals surface area contributed by atoms with Gasteiger partial charge < -0.3 is 16.8 Å². The Hall–Kier alpha value is -1.01. The molecule has 3 rings (SSSR count). The molecule has 0 spiro atoms. The summed E-state index contributed by atoms with van der Waals surface area (Å²) in [5.41, 5.74) is 12.1. The molecule has 7 nitrogen and oxygen atoms in total. The lowest BCUT2D eigenvalue weighted by Gasteiger charge is -2.47. The van der Waals surface area contributed by atoms with Gasteiger partial charge >= 0.3 is 0 Å². The summed E-state index contributed by atoms with van der Waals surface area (Å²) in [5, 5.41) is 13.6. The summed E-state index contributed by atoms with van der Waals surface area (Å²) < 4.78 is 0. The van der Waals surface area contributed by atoms with Crippen LogP contribution in [0.15, 0.2) is 0 Å². The monoisotopic (exact) mass is 362 g/mol. The quantitative estimate of drug-likeness (QED) is 0.361. The number of carbonyl (C=O) groups excluding carboxylic acids is 1. The molecule has 0 aromatic heterocycles. The standard InChI is InChI=1S/C19H34N6O/c1-3-4-14(13-7-5-12(6-8-13)11(2)26)9-15-10-22-18-16(23-15)17(20)24-19(21)25-18/h1,12-19,22-25H,4-10,20-21H2,2H3. The van der Waals surface area contributed by atoms with Crippen molar-refractivity contribution in [2.45, 2.75) is 76.2 Å². The Morgan fingerprint density at radius 3 is 2.58 bits per heavy atom. The molecule has 6 unspecified atom stereocenters. The van der Waals surface area contributed by atoms with Gasteiger partial charge in [-0.25, -0.2) is 0 Å². The maximum atomic E-state index is 11.6. The lowest BCUT2D eigenvalue weighted by atomic mass is 9.72. The van der Waals surface area contributed by atoms with Gasteiger partial charge in [0.05, 0.1) is 18.4 Å². The predicted molar refractivity (Wildman–Crippen MR) is 102 cm³/mol. The van der Waals surface area contributed by atoms with Gasteiger partial charge in [0, 0.05) is 24.9 Å². The Balaban J connectivity index is 1.55. The van der Waals surface area contributed by atoms with Gasteiger partial charge in [0.2, 0.25) is 0 Å². The number of nitrogens with one attached hydrogen (secondary N) is 4. The van der Waals surface area contributed by atoms with E-state index in [9.17, 15) is 4.79 Å². The molecular weight excluding hydrogens is 328 g/mol. The van der Waals surface area contributed by atoms with Gasteiger partial charge in [-0.3, -0.25) is 20.7 Å². The molecule has 0 aromatic rings. The van der Waals surface area contributed by atoms with Crippen LogP contribution in [0.5, 0.6) is 0 Å². The van der Waals surface area contributed by atoms with Gasteiger partial charge in [-0.1, -0.05) is 0 Å². The van der Waals surface area contributed by atoms with E-state index in [1.165, 1.54) is 0 Å². The largest absolute Gasteiger partial charge is 0.314 e. The lowest BCUT2D eigenvalue weighted by molar-refractivity contribution is -0.122. The molecule has 3 aliphatic rings. The van der Waals surface area contributed by atoms with E-state index in [1.807, 2.05) is 0 Å². The molecule has 8 N–H and O–H groups in total. The van der Waals surface area contributed by atoms with Crippen LogP contribution in [0.1, 0.15) is 45.4 Å². The van der Waals surface area contributed by atoms with Gasteiger partial charge in [0.15, 0.2) is 0 Å².